The quantitative estimate of drug-likeness (QED) is 0.881. The van der Waals surface area contributed by atoms with E-state index in [0.717, 1.165) is 24.2 Å². The lowest BCUT2D eigenvalue weighted by Crippen LogP contribution is -2.10. The van der Waals surface area contributed by atoms with Crippen molar-refractivity contribution in [2.24, 2.45) is 7.05 Å². The Bertz CT molecular complexity index is 525. The summed E-state index contributed by atoms with van der Waals surface area (Å²) in [6.07, 6.45) is 4.18. The molecule has 102 valence electrons. The molecule has 0 amide bonds. The van der Waals surface area contributed by atoms with Crippen LogP contribution in [0.3, 0.4) is 0 Å². The second-order valence-corrected chi connectivity index (χ2v) is 5.00. The summed E-state index contributed by atoms with van der Waals surface area (Å²) in [4.78, 5) is 0. The van der Waals surface area contributed by atoms with Crippen molar-refractivity contribution in [2.75, 3.05) is 5.32 Å². The zero-order valence-corrected chi connectivity index (χ0v) is 12.3. The molecule has 2 rings (SSSR count). The first-order chi connectivity index (χ1) is 9.13. The van der Waals surface area contributed by atoms with Gasteiger partial charge in [-0.15, -0.1) is 0 Å². The van der Waals surface area contributed by atoms with Crippen LogP contribution in [0, 0.1) is 6.92 Å². The Morgan fingerprint density at radius 1 is 1.21 bits per heavy atom. The van der Waals surface area contributed by atoms with Gasteiger partial charge in [-0.2, -0.15) is 5.10 Å². The zero-order valence-electron chi connectivity index (χ0n) is 12.3. The highest BCUT2D eigenvalue weighted by Gasteiger charge is 2.11. The van der Waals surface area contributed by atoms with Gasteiger partial charge in [-0.25, -0.2) is 0 Å². The lowest BCUT2D eigenvalue weighted by Gasteiger charge is -2.18. The van der Waals surface area contributed by atoms with Gasteiger partial charge in [-0.1, -0.05) is 38.1 Å². The topological polar surface area (TPSA) is 29.9 Å². The molecule has 0 aliphatic heterocycles. The molecule has 0 aliphatic carbocycles. The first-order valence-electron chi connectivity index (χ1n) is 6.99. The van der Waals surface area contributed by atoms with Gasteiger partial charge in [-0.3, -0.25) is 4.68 Å². The Hall–Kier alpha value is -1.77. The van der Waals surface area contributed by atoms with Gasteiger partial charge in [0.05, 0.1) is 17.4 Å². The monoisotopic (exact) mass is 257 g/mol. The molecule has 1 N–H and O–H groups in total. The van der Waals surface area contributed by atoms with Crippen LogP contribution < -0.4 is 5.32 Å². The molecule has 1 aromatic heterocycles. The average Bonchev–Trinajstić information content (AvgIpc) is 2.74. The first kappa shape index (κ1) is 13.7. The highest BCUT2D eigenvalue weighted by atomic mass is 15.3. The molecule has 0 radical (unpaired) electrons. The van der Waals surface area contributed by atoms with Crippen molar-refractivity contribution in [3.8, 4) is 0 Å². The zero-order chi connectivity index (χ0) is 13.8. The molecule has 3 nitrogen and oxygen atoms in total. The molecule has 3 heteroatoms. The van der Waals surface area contributed by atoms with Gasteiger partial charge in [0, 0.05) is 13.2 Å². The third-order valence-electron chi connectivity index (χ3n) is 3.54. The molecule has 0 bridgehead atoms. The predicted octanol–water partition coefficient (Wildman–Crippen LogP) is 3.85. The number of aromatic nitrogens is 2. The van der Waals surface area contributed by atoms with Gasteiger partial charge >= 0.3 is 0 Å². The fourth-order valence-corrected chi connectivity index (χ4v) is 2.34. The maximum absolute atomic E-state index is 4.37. The third-order valence-corrected chi connectivity index (χ3v) is 3.54. The Kier molecular flexibility index (Phi) is 4.25. The maximum atomic E-state index is 4.37. The van der Waals surface area contributed by atoms with Crippen LogP contribution in [-0.2, 0) is 13.5 Å². The molecule has 0 spiro atoms. The lowest BCUT2D eigenvalue weighted by atomic mass is 10.0. The van der Waals surface area contributed by atoms with Gasteiger partial charge < -0.3 is 5.32 Å². The van der Waals surface area contributed by atoms with E-state index in [0.29, 0.717) is 6.04 Å². The summed E-state index contributed by atoms with van der Waals surface area (Å²) in [5.74, 6) is 0. The summed E-state index contributed by atoms with van der Waals surface area (Å²) in [5, 5.41) is 7.96. The molecule has 1 atom stereocenters. The van der Waals surface area contributed by atoms with Gasteiger partial charge in [0.15, 0.2) is 0 Å². The van der Waals surface area contributed by atoms with E-state index in [9.17, 15) is 0 Å². The maximum Gasteiger partial charge on any atom is 0.0825 e. The second-order valence-electron chi connectivity index (χ2n) is 5.00. The van der Waals surface area contributed by atoms with Crippen LogP contribution in [-0.4, -0.2) is 9.78 Å². The van der Waals surface area contributed by atoms with Gasteiger partial charge in [0.2, 0.25) is 0 Å². The highest BCUT2D eigenvalue weighted by Crippen LogP contribution is 2.24. The molecule has 0 saturated heterocycles. The van der Waals surface area contributed by atoms with Crippen molar-refractivity contribution in [1.82, 2.24) is 9.78 Å². The summed E-state index contributed by atoms with van der Waals surface area (Å²) in [5.41, 5.74) is 4.89. The van der Waals surface area contributed by atoms with Crippen LogP contribution in [0.25, 0.3) is 0 Å². The highest BCUT2D eigenvalue weighted by molar-refractivity contribution is 5.48. The molecule has 1 unspecified atom stereocenters. The number of hydrogen-bond acceptors (Lipinski definition) is 2. The van der Waals surface area contributed by atoms with Crippen LogP contribution in [0.1, 0.15) is 43.1 Å². The molecule has 1 heterocycles. The van der Waals surface area contributed by atoms with Crippen molar-refractivity contribution >= 4 is 5.69 Å². The lowest BCUT2D eigenvalue weighted by molar-refractivity contribution is 0.747. The number of nitrogens with zero attached hydrogens (tertiary/aromatic N) is 2. The van der Waals surface area contributed by atoms with Crippen LogP contribution in [0.5, 0.6) is 0 Å². The smallest absolute Gasteiger partial charge is 0.0825 e. The molecule has 0 fully saturated rings. The molecule has 2 aromatic rings. The summed E-state index contributed by atoms with van der Waals surface area (Å²) in [7, 11) is 1.95. The minimum atomic E-state index is 0.341. The van der Waals surface area contributed by atoms with Crippen molar-refractivity contribution < 1.29 is 0 Å². The summed E-state index contributed by atoms with van der Waals surface area (Å²) < 4.78 is 1.85. The van der Waals surface area contributed by atoms with E-state index in [1.807, 2.05) is 24.9 Å². The Morgan fingerprint density at radius 2 is 1.89 bits per heavy atom. The number of nitrogens with one attached hydrogen (secondary N) is 1. The Balaban J connectivity index is 2.17. The average molecular weight is 257 g/mol. The van der Waals surface area contributed by atoms with Crippen molar-refractivity contribution in [3.63, 3.8) is 0 Å². The second kappa shape index (κ2) is 5.91. The molecule has 19 heavy (non-hydrogen) atoms. The van der Waals surface area contributed by atoms with E-state index in [2.05, 4.69) is 48.5 Å². The fraction of sp³-hybridized carbons (Fsp3) is 0.438. The Labute approximate surface area is 115 Å². The van der Waals surface area contributed by atoms with Gasteiger partial charge in [-0.05, 0) is 30.9 Å². The van der Waals surface area contributed by atoms with Crippen LogP contribution in [0.2, 0.25) is 0 Å². The normalized spacial score (nSPS) is 12.4. The van der Waals surface area contributed by atoms with Crippen LogP contribution >= 0.6 is 0 Å². The van der Waals surface area contributed by atoms with E-state index in [1.54, 1.807) is 0 Å². The van der Waals surface area contributed by atoms with E-state index in [1.165, 1.54) is 11.1 Å². The Morgan fingerprint density at radius 3 is 2.37 bits per heavy atom. The SMILES string of the molecule is CCc1ccc(C(CC)Nc2cn(C)nc2C)cc1. The molecular formula is C16H23N3. The summed E-state index contributed by atoms with van der Waals surface area (Å²) in [6, 6.07) is 9.23. The number of benzene rings is 1. The minimum absolute atomic E-state index is 0.341. The summed E-state index contributed by atoms with van der Waals surface area (Å²) >= 11 is 0. The molecule has 1 aromatic carbocycles. The van der Waals surface area contributed by atoms with E-state index < -0.39 is 0 Å². The van der Waals surface area contributed by atoms with Crippen LogP contribution in [0.4, 0.5) is 5.69 Å². The van der Waals surface area contributed by atoms with Gasteiger partial charge in [0.1, 0.15) is 0 Å². The van der Waals surface area contributed by atoms with Crippen LogP contribution in [0.15, 0.2) is 30.5 Å². The summed E-state index contributed by atoms with van der Waals surface area (Å²) in [6.45, 7) is 6.43. The number of anilines is 1. The predicted molar refractivity (Wildman–Crippen MR) is 80.4 cm³/mol. The van der Waals surface area contributed by atoms with E-state index >= 15 is 0 Å². The minimum Gasteiger partial charge on any atom is -0.375 e. The fourth-order valence-electron chi connectivity index (χ4n) is 2.34. The largest absolute Gasteiger partial charge is 0.375 e. The number of rotatable bonds is 5. The third kappa shape index (κ3) is 3.16. The molecule has 0 saturated carbocycles. The number of hydrogen-bond donors (Lipinski definition) is 1. The molecular weight excluding hydrogens is 234 g/mol. The van der Waals surface area contributed by atoms with Gasteiger partial charge in [0.25, 0.3) is 0 Å². The van der Waals surface area contributed by atoms with Crippen molar-refractivity contribution in [2.45, 2.75) is 39.7 Å². The molecule has 0 aliphatic rings. The van der Waals surface area contributed by atoms with E-state index in [-0.39, 0.29) is 0 Å². The van der Waals surface area contributed by atoms with Crippen molar-refractivity contribution in [3.05, 3.63) is 47.3 Å². The number of aryl methyl sites for hydroxylation is 3. The van der Waals surface area contributed by atoms with Crippen molar-refractivity contribution in [1.29, 1.82) is 0 Å². The van der Waals surface area contributed by atoms with E-state index in [4.69, 9.17) is 0 Å². The standard InChI is InChI=1S/C16H23N3/c1-5-13-7-9-14(10-8-13)15(6-2)17-16-11-19(4)18-12(16)3/h7-11,15,17H,5-6H2,1-4H3. The first-order valence-corrected chi connectivity index (χ1v) is 6.99.